The zero-order valence-electron chi connectivity index (χ0n) is 12.1. The van der Waals surface area contributed by atoms with Crippen molar-refractivity contribution in [1.29, 1.82) is 0 Å². The van der Waals surface area contributed by atoms with Crippen LogP contribution in [-0.4, -0.2) is 35.5 Å². The van der Waals surface area contributed by atoms with Gasteiger partial charge in [0, 0.05) is 26.1 Å². The number of carbonyl (C=O) groups excluding carboxylic acids is 1. The Balaban J connectivity index is 2.84. The summed E-state index contributed by atoms with van der Waals surface area (Å²) in [5, 5.41) is 8.92. The minimum absolute atomic E-state index is 0.0697. The van der Waals surface area contributed by atoms with E-state index in [1.807, 2.05) is 13.0 Å². The van der Waals surface area contributed by atoms with E-state index in [9.17, 15) is 4.79 Å². The van der Waals surface area contributed by atoms with E-state index in [2.05, 4.69) is 32.8 Å². The van der Waals surface area contributed by atoms with E-state index in [0.717, 1.165) is 31.0 Å². The van der Waals surface area contributed by atoms with Crippen LogP contribution in [0.3, 0.4) is 0 Å². The second-order valence-corrected chi connectivity index (χ2v) is 4.32. The average molecular weight is 265 g/mol. The summed E-state index contributed by atoms with van der Waals surface area (Å²) >= 11 is 0. The van der Waals surface area contributed by atoms with E-state index >= 15 is 0 Å². The van der Waals surface area contributed by atoms with Gasteiger partial charge in [-0.15, -0.1) is 0 Å². The van der Waals surface area contributed by atoms with Crippen LogP contribution < -0.4 is 16.0 Å². The lowest BCUT2D eigenvalue weighted by molar-refractivity contribution is -0.121. The SMILES string of the molecule is CCCNc1cc(NC(C)C(=O)NC)nc(CC)n1. The standard InChI is InChI=1S/C13H23N5O/c1-5-7-15-11-8-12(18-10(6-2)17-11)16-9(3)13(19)14-4/h8-9H,5-7H2,1-4H3,(H,14,19)(H2,15,16,17,18). The molecule has 1 rings (SSSR count). The Morgan fingerprint density at radius 3 is 2.58 bits per heavy atom. The first-order chi connectivity index (χ1) is 9.10. The lowest BCUT2D eigenvalue weighted by Gasteiger charge is -2.14. The molecule has 0 saturated carbocycles. The lowest BCUT2D eigenvalue weighted by Crippen LogP contribution is -2.35. The quantitative estimate of drug-likeness (QED) is 0.694. The van der Waals surface area contributed by atoms with Crippen molar-refractivity contribution in [1.82, 2.24) is 15.3 Å². The van der Waals surface area contributed by atoms with E-state index in [0.29, 0.717) is 5.82 Å². The van der Waals surface area contributed by atoms with Crippen molar-refractivity contribution in [2.75, 3.05) is 24.2 Å². The first kappa shape index (κ1) is 15.2. The zero-order chi connectivity index (χ0) is 14.3. The number of rotatable bonds is 7. The van der Waals surface area contributed by atoms with Crippen molar-refractivity contribution in [3.63, 3.8) is 0 Å². The molecular formula is C13H23N5O. The van der Waals surface area contributed by atoms with Crippen LogP contribution in [0.1, 0.15) is 33.0 Å². The van der Waals surface area contributed by atoms with Crippen LogP contribution in [0, 0.1) is 0 Å². The molecule has 1 atom stereocenters. The maximum absolute atomic E-state index is 11.5. The number of nitrogens with zero attached hydrogens (tertiary/aromatic N) is 2. The summed E-state index contributed by atoms with van der Waals surface area (Å²) in [4.78, 5) is 20.3. The monoisotopic (exact) mass is 265 g/mol. The normalized spacial score (nSPS) is 11.8. The molecule has 6 nitrogen and oxygen atoms in total. The first-order valence-electron chi connectivity index (χ1n) is 6.70. The molecule has 106 valence electrons. The van der Waals surface area contributed by atoms with Crippen molar-refractivity contribution < 1.29 is 4.79 Å². The van der Waals surface area contributed by atoms with Gasteiger partial charge in [-0.2, -0.15) is 0 Å². The molecule has 19 heavy (non-hydrogen) atoms. The summed E-state index contributed by atoms with van der Waals surface area (Å²) < 4.78 is 0. The molecule has 0 aliphatic rings. The average Bonchev–Trinajstić information content (AvgIpc) is 2.43. The van der Waals surface area contributed by atoms with Gasteiger partial charge in [-0.05, 0) is 13.3 Å². The Morgan fingerprint density at radius 2 is 2.00 bits per heavy atom. The van der Waals surface area contributed by atoms with Crippen LogP contribution in [0.15, 0.2) is 6.07 Å². The lowest BCUT2D eigenvalue weighted by atomic mass is 10.3. The van der Waals surface area contributed by atoms with E-state index < -0.39 is 0 Å². The highest BCUT2D eigenvalue weighted by atomic mass is 16.2. The van der Waals surface area contributed by atoms with Crippen molar-refractivity contribution in [2.24, 2.45) is 0 Å². The van der Waals surface area contributed by atoms with Gasteiger partial charge in [0.15, 0.2) is 0 Å². The second kappa shape index (κ2) is 7.56. The Kier molecular flexibility index (Phi) is 6.05. The number of likely N-dealkylation sites (N-methyl/N-ethyl adjacent to an activating group) is 1. The van der Waals surface area contributed by atoms with Crippen molar-refractivity contribution in [3.05, 3.63) is 11.9 Å². The van der Waals surface area contributed by atoms with Gasteiger partial charge in [0.05, 0.1) is 0 Å². The fraction of sp³-hybridized carbons (Fsp3) is 0.615. The summed E-state index contributed by atoms with van der Waals surface area (Å²) in [6.07, 6.45) is 1.79. The molecule has 0 aromatic carbocycles. The molecule has 0 fully saturated rings. The number of nitrogens with one attached hydrogen (secondary N) is 3. The molecule has 0 aliphatic carbocycles. The minimum atomic E-state index is -0.330. The largest absolute Gasteiger partial charge is 0.370 e. The third kappa shape index (κ3) is 4.73. The Hall–Kier alpha value is -1.85. The van der Waals surface area contributed by atoms with Crippen LogP contribution in [0.25, 0.3) is 0 Å². The maximum Gasteiger partial charge on any atom is 0.241 e. The van der Waals surface area contributed by atoms with Crippen LogP contribution in [0.4, 0.5) is 11.6 Å². The maximum atomic E-state index is 11.5. The number of aryl methyl sites for hydroxylation is 1. The van der Waals surface area contributed by atoms with E-state index in [1.165, 1.54) is 0 Å². The molecular weight excluding hydrogens is 242 g/mol. The molecule has 0 spiro atoms. The Labute approximate surface area is 114 Å². The summed E-state index contributed by atoms with van der Waals surface area (Å²) in [5.74, 6) is 2.15. The third-order valence-corrected chi connectivity index (χ3v) is 2.65. The van der Waals surface area contributed by atoms with E-state index in [4.69, 9.17) is 0 Å². The van der Waals surface area contributed by atoms with Gasteiger partial charge < -0.3 is 16.0 Å². The molecule has 0 saturated heterocycles. The van der Waals surface area contributed by atoms with E-state index in [1.54, 1.807) is 14.0 Å². The Bertz CT molecular complexity index is 421. The molecule has 1 amide bonds. The number of carbonyl (C=O) groups is 1. The van der Waals surface area contributed by atoms with Crippen LogP contribution in [0.5, 0.6) is 0 Å². The number of aromatic nitrogens is 2. The zero-order valence-corrected chi connectivity index (χ0v) is 12.1. The number of anilines is 2. The van der Waals surface area contributed by atoms with Crippen LogP contribution in [-0.2, 0) is 11.2 Å². The van der Waals surface area contributed by atoms with Crippen molar-refractivity contribution >= 4 is 17.5 Å². The van der Waals surface area contributed by atoms with Gasteiger partial charge in [0.25, 0.3) is 0 Å². The van der Waals surface area contributed by atoms with Crippen molar-refractivity contribution in [2.45, 2.75) is 39.7 Å². The number of hydrogen-bond donors (Lipinski definition) is 3. The molecule has 0 radical (unpaired) electrons. The summed E-state index contributed by atoms with van der Waals surface area (Å²) in [6, 6.07) is 1.50. The smallest absolute Gasteiger partial charge is 0.241 e. The highest BCUT2D eigenvalue weighted by molar-refractivity contribution is 5.83. The minimum Gasteiger partial charge on any atom is -0.370 e. The third-order valence-electron chi connectivity index (χ3n) is 2.65. The van der Waals surface area contributed by atoms with Gasteiger partial charge in [0.2, 0.25) is 5.91 Å². The molecule has 0 aliphatic heterocycles. The van der Waals surface area contributed by atoms with Gasteiger partial charge in [-0.1, -0.05) is 13.8 Å². The molecule has 1 aromatic heterocycles. The van der Waals surface area contributed by atoms with Gasteiger partial charge >= 0.3 is 0 Å². The van der Waals surface area contributed by atoms with Gasteiger partial charge in [-0.3, -0.25) is 4.79 Å². The highest BCUT2D eigenvalue weighted by Gasteiger charge is 2.12. The predicted octanol–water partition coefficient (Wildman–Crippen LogP) is 1.41. The summed E-state index contributed by atoms with van der Waals surface area (Å²) in [6.45, 7) is 6.77. The Morgan fingerprint density at radius 1 is 1.32 bits per heavy atom. The molecule has 1 unspecified atom stereocenters. The number of hydrogen-bond acceptors (Lipinski definition) is 5. The fourth-order valence-electron chi connectivity index (χ4n) is 1.58. The fourth-order valence-corrected chi connectivity index (χ4v) is 1.58. The van der Waals surface area contributed by atoms with Gasteiger partial charge in [-0.25, -0.2) is 9.97 Å². The van der Waals surface area contributed by atoms with E-state index in [-0.39, 0.29) is 11.9 Å². The molecule has 1 aromatic rings. The van der Waals surface area contributed by atoms with Crippen LogP contribution in [0.2, 0.25) is 0 Å². The van der Waals surface area contributed by atoms with Crippen LogP contribution >= 0.6 is 0 Å². The summed E-state index contributed by atoms with van der Waals surface area (Å²) in [5.41, 5.74) is 0. The molecule has 0 bridgehead atoms. The highest BCUT2D eigenvalue weighted by Crippen LogP contribution is 2.13. The predicted molar refractivity (Wildman–Crippen MR) is 77.3 cm³/mol. The molecule has 3 N–H and O–H groups in total. The summed E-state index contributed by atoms with van der Waals surface area (Å²) in [7, 11) is 1.62. The van der Waals surface area contributed by atoms with Gasteiger partial charge in [0.1, 0.15) is 23.5 Å². The van der Waals surface area contributed by atoms with Crippen molar-refractivity contribution in [3.8, 4) is 0 Å². The topological polar surface area (TPSA) is 78.9 Å². The molecule has 1 heterocycles. The second-order valence-electron chi connectivity index (χ2n) is 4.32. The number of amides is 1. The molecule has 6 heteroatoms. The first-order valence-corrected chi connectivity index (χ1v) is 6.70.